The fourth-order valence-electron chi connectivity index (χ4n) is 1.30. The summed E-state index contributed by atoms with van der Waals surface area (Å²) in [5, 5.41) is 6.19. The van der Waals surface area contributed by atoms with Gasteiger partial charge in [0.1, 0.15) is 5.82 Å². The lowest BCUT2D eigenvalue weighted by molar-refractivity contribution is 1.14. The summed E-state index contributed by atoms with van der Waals surface area (Å²) >= 11 is 9.16. The van der Waals surface area contributed by atoms with E-state index in [0.29, 0.717) is 5.95 Å². The van der Waals surface area contributed by atoms with E-state index in [-0.39, 0.29) is 0 Å². The van der Waals surface area contributed by atoms with E-state index in [1.807, 2.05) is 18.2 Å². The Morgan fingerprint density at radius 1 is 1.28 bits per heavy atom. The maximum Gasteiger partial charge on any atom is 0.224 e. The van der Waals surface area contributed by atoms with Crippen molar-refractivity contribution in [2.75, 3.05) is 17.7 Å². The Kier molecular flexibility index (Phi) is 4.79. The molecule has 0 fully saturated rings. The lowest BCUT2D eigenvalue weighted by atomic mass is 10.3. The molecule has 1 aromatic heterocycles. The summed E-state index contributed by atoms with van der Waals surface area (Å²) in [6, 6.07) is 6.04. The number of aromatic nitrogens is 2. The highest BCUT2D eigenvalue weighted by atomic mass is 127. The molecule has 0 bridgehead atoms. The zero-order valence-corrected chi connectivity index (χ0v) is 14.7. The Bertz CT molecular complexity index is 577. The van der Waals surface area contributed by atoms with Crippen LogP contribution < -0.4 is 10.6 Å². The molecule has 1 aromatic carbocycles. The second kappa shape index (κ2) is 6.16. The molecule has 0 aliphatic heterocycles. The number of benzene rings is 1. The third-order valence-corrected chi connectivity index (χ3v) is 4.16. The lowest BCUT2D eigenvalue weighted by Gasteiger charge is -2.10. The van der Waals surface area contributed by atoms with Crippen molar-refractivity contribution in [3.63, 3.8) is 0 Å². The minimum Gasteiger partial charge on any atom is -0.357 e. The Labute approximate surface area is 135 Å². The Morgan fingerprint density at radius 2 is 2.06 bits per heavy atom. The van der Waals surface area contributed by atoms with Gasteiger partial charge in [-0.25, -0.2) is 4.98 Å². The molecule has 18 heavy (non-hydrogen) atoms. The van der Waals surface area contributed by atoms with Crippen molar-refractivity contribution in [3.05, 3.63) is 36.9 Å². The van der Waals surface area contributed by atoms with Crippen LogP contribution in [0, 0.1) is 3.57 Å². The van der Waals surface area contributed by atoms with Gasteiger partial charge in [0.25, 0.3) is 0 Å². The standard InChI is InChI=1S/C11H9Br2IN4/c1-15-11-16-5-7(13)10(18-11)17-9-4-6(12)2-3-8(9)14/h2-5H,1H3,(H2,15,16,17,18). The van der Waals surface area contributed by atoms with Crippen LogP contribution >= 0.6 is 54.5 Å². The van der Waals surface area contributed by atoms with Crippen LogP contribution in [0.15, 0.2) is 33.3 Å². The zero-order valence-electron chi connectivity index (χ0n) is 9.34. The molecule has 0 amide bonds. The Hall–Kier alpha value is -0.410. The molecule has 2 N–H and O–H groups in total. The van der Waals surface area contributed by atoms with Crippen molar-refractivity contribution in [2.45, 2.75) is 0 Å². The molecule has 0 saturated carbocycles. The normalized spacial score (nSPS) is 10.2. The smallest absolute Gasteiger partial charge is 0.224 e. The van der Waals surface area contributed by atoms with Crippen molar-refractivity contribution in [2.24, 2.45) is 0 Å². The molecular formula is C11H9Br2IN4. The quantitative estimate of drug-likeness (QED) is 0.636. The van der Waals surface area contributed by atoms with Gasteiger partial charge in [0.15, 0.2) is 0 Å². The summed E-state index contributed by atoms with van der Waals surface area (Å²) in [6.45, 7) is 0. The fourth-order valence-corrected chi connectivity index (χ4v) is 2.42. The van der Waals surface area contributed by atoms with E-state index < -0.39 is 0 Å². The molecular weight excluding hydrogens is 475 g/mol. The lowest BCUT2D eigenvalue weighted by Crippen LogP contribution is -2.02. The van der Waals surface area contributed by atoms with Crippen LogP contribution in [0.3, 0.4) is 0 Å². The molecule has 0 aliphatic carbocycles. The molecule has 0 atom stereocenters. The van der Waals surface area contributed by atoms with Crippen LogP contribution in [0.4, 0.5) is 17.5 Å². The van der Waals surface area contributed by atoms with Crippen molar-refractivity contribution < 1.29 is 0 Å². The van der Waals surface area contributed by atoms with Crippen molar-refractivity contribution >= 4 is 71.9 Å². The second-order valence-corrected chi connectivity index (χ2v) is 6.32. The Morgan fingerprint density at radius 3 is 2.78 bits per heavy atom. The molecule has 2 aromatic rings. The molecule has 0 radical (unpaired) electrons. The number of hydrogen-bond acceptors (Lipinski definition) is 4. The summed E-state index contributed by atoms with van der Waals surface area (Å²) in [7, 11) is 1.79. The molecule has 0 unspecified atom stereocenters. The van der Waals surface area contributed by atoms with Gasteiger partial charge in [-0.05, 0) is 56.7 Å². The van der Waals surface area contributed by atoms with Gasteiger partial charge in [0, 0.05) is 21.3 Å². The maximum absolute atomic E-state index is 4.36. The number of nitrogens with one attached hydrogen (secondary N) is 2. The molecule has 94 valence electrons. The van der Waals surface area contributed by atoms with E-state index in [2.05, 4.69) is 75.1 Å². The molecule has 2 rings (SSSR count). The third-order valence-electron chi connectivity index (χ3n) is 2.15. The van der Waals surface area contributed by atoms with E-state index in [0.717, 1.165) is 24.0 Å². The minimum atomic E-state index is 0.575. The van der Waals surface area contributed by atoms with Gasteiger partial charge < -0.3 is 10.6 Å². The van der Waals surface area contributed by atoms with Crippen molar-refractivity contribution in [1.29, 1.82) is 0 Å². The average molecular weight is 484 g/mol. The van der Waals surface area contributed by atoms with Crippen LogP contribution in [-0.4, -0.2) is 17.0 Å². The van der Waals surface area contributed by atoms with Gasteiger partial charge in [-0.3, -0.25) is 0 Å². The van der Waals surface area contributed by atoms with Crippen LogP contribution in [-0.2, 0) is 0 Å². The van der Waals surface area contributed by atoms with Crippen LogP contribution in [0.1, 0.15) is 0 Å². The highest BCUT2D eigenvalue weighted by molar-refractivity contribution is 14.1. The predicted octanol–water partition coefficient (Wildman–Crippen LogP) is 4.39. The first-order chi connectivity index (χ1) is 8.60. The zero-order chi connectivity index (χ0) is 13.1. The molecule has 0 aliphatic rings. The second-order valence-electron chi connectivity index (χ2n) is 3.39. The first-order valence-electron chi connectivity index (χ1n) is 5.02. The SMILES string of the molecule is CNc1ncc(Br)c(Nc2cc(Br)ccc2I)n1. The van der Waals surface area contributed by atoms with E-state index in [1.54, 1.807) is 13.2 Å². The van der Waals surface area contributed by atoms with Crippen LogP contribution in [0.5, 0.6) is 0 Å². The molecule has 4 nitrogen and oxygen atoms in total. The predicted molar refractivity (Wildman–Crippen MR) is 89.4 cm³/mol. The summed E-state index contributed by atoms with van der Waals surface area (Å²) in [5.41, 5.74) is 0.992. The van der Waals surface area contributed by atoms with Gasteiger partial charge in [0.05, 0.1) is 10.2 Å². The van der Waals surface area contributed by atoms with Gasteiger partial charge in [-0.2, -0.15) is 4.98 Å². The van der Waals surface area contributed by atoms with Gasteiger partial charge in [-0.15, -0.1) is 0 Å². The summed E-state index contributed by atoms with van der Waals surface area (Å²) in [5.74, 6) is 1.30. The fraction of sp³-hybridized carbons (Fsp3) is 0.0909. The third kappa shape index (κ3) is 3.33. The summed E-state index contributed by atoms with van der Waals surface area (Å²) in [6.07, 6.45) is 1.71. The number of nitrogens with zero attached hydrogens (tertiary/aromatic N) is 2. The molecule has 0 spiro atoms. The number of anilines is 3. The first-order valence-corrected chi connectivity index (χ1v) is 7.69. The summed E-state index contributed by atoms with van der Waals surface area (Å²) in [4.78, 5) is 8.48. The number of halogens is 3. The molecule has 1 heterocycles. The van der Waals surface area contributed by atoms with E-state index in [9.17, 15) is 0 Å². The first kappa shape index (κ1) is 14.0. The van der Waals surface area contributed by atoms with E-state index >= 15 is 0 Å². The minimum absolute atomic E-state index is 0.575. The average Bonchev–Trinajstić information content (AvgIpc) is 2.36. The highest BCUT2D eigenvalue weighted by Crippen LogP contribution is 2.29. The number of hydrogen-bond donors (Lipinski definition) is 2. The van der Waals surface area contributed by atoms with Crippen molar-refractivity contribution in [3.8, 4) is 0 Å². The summed E-state index contributed by atoms with van der Waals surface area (Å²) < 4.78 is 2.95. The number of rotatable bonds is 3. The van der Waals surface area contributed by atoms with E-state index in [1.165, 1.54) is 0 Å². The highest BCUT2D eigenvalue weighted by Gasteiger charge is 2.07. The van der Waals surface area contributed by atoms with Crippen LogP contribution in [0.2, 0.25) is 0 Å². The van der Waals surface area contributed by atoms with Gasteiger partial charge in [-0.1, -0.05) is 15.9 Å². The van der Waals surface area contributed by atoms with Gasteiger partial charge >= 0.3 is 0 Å². The topological polar surface area (TPSA) is 49.8 Å². The van der Waals surface area contributed by atoms with Crippen molar-refractivity contribution in [1.82, 2.24) is 9.97 Å². The van der Waals surface area contributed by atoms with E-state index in [4.69, 9.17) is 0 Å². The maximum atomic E-state index is 4.36. The monoisotopic (exact) mass is 482 g/mol. The van der Waals surface area contributed by atoms with Gasteiger partial charge in [0.2, 0.25) is 5.95 Å². The van der Waals surface area contributed by atoms with Crippen LogP contribution in [0.25, 0.3) is 0 Å². The molecule has 0 saturated heterocycles. The largest absolute Gasteiger partial charge is 0.357 e. The molecule has 7 heteroatoms. The Balaban J connectivity index is 2.36.